The SMILES string of the molecule is O=C(O)CCCCCN(CCCO)CCCCCC(=O)O. The van der Waals surface area contributed by atoms with Gasteiger partial charge in [0.05, 0.1) is 0 Å². The number of aliphatic carboxylic acids is 2. The Balaban J connectivity index is 3.70. The van der Waals surface area contributed by atoms with Crippen LogP contribution in [0.15, 0.2) is 0 Å². The molecule has 0 aromatic rings. The van der Waals surface area contributed by atoms with Gasteiger partial charge in [0.25, 0.3) is 0 Å². The van der Waals surface area contributed by atoms with Crippen LogP contribution < -0.4 is 0 Å². The van der Waals surface area contributed by atoms with Gasteiger partial charge in [-0.05, 0) is 45.2 Å². The summed E-state index contributed by atoms with van der Waals surface area (Å²) in [5.41, 5.74) is 0. The Morgan fingerprint density at radius 3 is 1.48 bits per heavy atom. The second-order valence-corrected chi connectivity index (χ2v) is 5.33. The Hall–Kier alpha value is -1.14. The molecule has 0 rings (SSSR count). The fraction of sp³-hybridized carbons (Fsp3) is 0.867. The normalized spacial score (nSPS) is 11.0. The van der Waals surface area contributed by atoms with Gasteiger partial charge in [-0.25, -0.2) is 0 Å². The molecule has 0 unspecified atom stereocenters. The van der Waals surface area contributed by atoms with E-state index in [2.05, 4.69) is 4.90 Å². The quantitative estimate of drug-likeness (QED) is 0.400. The molecule has 0 bridgehead atoms. The molecule has 0 heterocycles. The van der Waals surface area contributed by atoms with Crippen molar-refractivity contribution in [1.29, 1.82) is 0 Å². The second kappa shape index (κ2) is 13.8. The molecular formula is C15H29NO5. The first-order chi connectivity index (χ1) is 10.1. The van der Waals surface area contributed by atoms with E-state index in [9.17, 15) is 9.59 Å². The van der Waals surface area contributed by atoms with Crippen molar-refractivity contribution in [2.75, 3.05) is 26.2 Å². The molecule has 0 saturated carbocycles. The van der Waals surface area contributed by atoms with Gasteiger partial charge < -0.3 is 20.2 Å². The summed E-state index contributed by atoms with van der Waals surface area (Å²) >= 11 is 0. The van der Waals surface area contributed by atoms with Crippen LogP contribution in [0.4, 0.5) is 0 Å². The highest BCUT2D eigenvalue weighted by Gasteiger charge is 2.05. The van der Waals surface area contributed by atoms with Gasteiger partial charge in [-0.3, -0.25) is 9.59 Å². The van der Waals surface area contributed by atoms with Crippen molar-refractivity contribution in [2.24, 2.45) is 0 Å². The molecule has 0 atom stereocenters. The minimum atomic E-state index is -0.745. The van der Waals surface area contributed by atoms with Gasteiger partial charge in [-0.1, -0.05) is 12.8 Å². The van der Waals surface area contributed by atoms with Crippen LogP contribution in [0, 0.1) is 0 Å². The van der Waals surface area contributed by atoms with Crippen LogP contribution in [0.25, 0.3) is 0 Å². The Kier molecular flexibility index (Phi) is 13.1. The lowest BCUT2D eigenvalue weighted by Crippen LogP contribution is -2.28. The molecule has 6 heteroatoms. The zero-order valence-corrected chi connectivity index (χ0v) is 12.8. The van der Waals surface area contributed by atoms with Crippen molar-refractivity contribution < 1.29 is 24.9 Å². The average molecular weight is 303 g/mol. The van der Waals surface area contributed by atoms with Gasteiger partial charge in [0, 0.05) is 26.0 Å². The maximum atomic E-state index is 10.4. The molecule has 0 saturated heterocycles. The molecule has 6 nitrogen and oxygen atoms in total. The van der Waals surface area contributed by atoms with Crippen LogP contribution in [0.3, 0.4) is 0 Å². The third-order valence-electron chi connectivity index (χ3n) is 3.36. The molecule has 0 radical (unpaired) electrons. The molecule has 0 amide bonds. The maximum Gasteiger partial charge on any atom is 0.303 e. The number of unbranched alkanes of at least 4 members (excludes halogenated alkanes) is 4. The number of hydrogen-bond acceptors (Lipinski definition) is 4. The number of carboxylic acids is 2. The highest BCUT2D eigenvalue weighted by Crippen LogP contribution is 2.06. The number of nitrogens with zero attached hydrogens (tertiary/aromatic N) is 1. The monoisotopic (exact) mass is 303 g/mol. The zero-order valence-electron chi connectivity index (χ0n) is 12.8. The molecule has 0 aliphatic heterocycles. The number of hydrogen-bond donors (Lipinski definition) is 3. The third kappa shape index (κ3) is 15.1. The molecule has 21 heavy (non-hydrogen) atoms. The zero-order chi connectivity index (χ0) is 15.9. The van der Waals surface area contributed by atoms with E-state index in [1.165, 1.54) is 0 Å². The lowest BCUT2D eigenvalue weighted by molar-refractivity contribution is -0.138. The van der Waals surface area contributed by atoms with Crippen molar-refractivity contribution >= 4 is 11.9 Å². The van der Waals surface area contributed by atoms with Gasteiger partial charge >= 0.3 is 11.9 Å². The predicted octanol–water partition coefficient (Wildman–Crippen LogP) is 1.96. The summed E-state index contributed by atoms with van der Waals surface area (Å²) < 4.78 is 0. The van der Waals surface area contributed by atoms with Crippen molar-refractivity contribution in [1.82, 2.24) is 4.90 Å². The summed E-state index contributed by atoms with van der Waals surface area (Å²) in [6.07, 6.45) is 6.36. The second-order valence-electron chi connectivity index (χ2n) is 5.33. The molecule has 0 aliphatic rings. The molecule has 0 aromatic carbocycles. The highest BCUT2D eigenvalue weighted by atomic mass is 16.4. The Labute approximate surface area is 126 Å². The van der Waals surface area contributed by atoms with E-state index in [1.807, 2.05) is 0 Å². The largest absolute Gasteiger partial charge is 0.481 e. The van der Waals surface area contributed by atoms with Crippen molar-refractivity contribution in [3.8, 4) is 0 Å². The predicted molar refractivity (Wildman–Crippen MR) is 80.4 cm³/mol. The summed E-state index contributed by atoms with van der Waals surface area (Å²) in [6, 6.07) is 0. The number of carbonyl (C=O) groups is 2. The van der Waals surface area contributed by atoms with Crippen LogP contribution >= 0.6 is 0 Å². The number of aliphatic hydroxyl groups is 1. The van der Waals surface area contributed by atoms with Crippen LogP contribution in [0.5, 0.6) is 0 Å². The van der Waals surface area contributed by atoms with E-state index in [0.717, 1.165) is 51.7 Å². The standard InChI is InChI=1S/C15H29NO5/c17-13-7-12-16(10-5-1-3-8-14(18)19)11-6-2-4-9-15(20)21/h17H,1-13H2,(H,18,19)(H,20,21). The summed E-state index contributed by atoms with van der Waals surface area (Å²) in [5, 5.41) is 26.0. The van der Waals surface area contributed by atoms with Gasteiger partial charge in [0.1, 0.15) is 0 Å². The van der Waals surface area contributed by atoms with Crippen LogP contribution in [0.1, 0.15) is 57.8 Å². The number of carboxylic acid groups (broad SMARTS) is 2. The first-order valence-corrected chi connectivity index (χ1v) is 7.83. The molecule has 0 fully saturated rings. The topological polar surface area (TPSA) is 98.1 Å². The van der Waals surface area contributed by atoms with Gasteiger partial charge in [0.15, 0.2) is 0 Å². The fourth-order valence-corrected chi connectivity index (χ4v) is 2.21. The maximum absolute atomic E-state index is 10.4. The van der Waals surface area contributed by atoms with E-state index in [4.69, 9.17) is 15.3 Å². The molecule has 0 aliphatic carbocycles. The van der Waals surface area contributed by atoms with E-state index in [-0.39, 0.29) is 19.4 Å². The molecule has 0 spiro atoms. The van der Waals surface area contributed by atoms with Crippen molar-refractivity contribution in [3.05, 3.63) is 0 Å². The minimum absolute atomic E-state index is 0.175. The third-order valence-corrected chi connectivity index (χ3v) is 3.36. The van der Waals surface area contributed by atoms with Gasteiger partial charge in [-0.2, -0.15) is 0 Å². The smallest absolute Gasteiger partial charge is 0.303 e. The number of rotatable bonds is 15. The van der Waals surface area contributed by atoms with Crippen LogP contribution in [0.2, 0.25) is 0 Å². The highest BCUT2D eigenvalue weighted by molar-refractivity contribution is 5.66. The van der Waals surface area contributed by atoms with Gasteiger partial charge in [0.2, 0.25) is 0 Å². The van der Waals surface area contributed by atoms with Crippen molar-refractivity contribution in [3.63, 3.8) is 0 Å². The van der Waals surface area contributed by atoms with E-state index >= 15 is 0 Å². The van der Waals surface area contributed by atoms with Crippen LogP contribution in [-0.4, -0.2) is 58.4 Å². The molecule has 3 N–H and O–H groups in total. The van der Waals surface area contributed by atoms with Crippen LogP contribution in [-0.2, 0) is 9.59 Å². The molecule has 124 valence electrons. The first kappa shape index (κ1) is 19.9. The number of aliphatic hydroxyl groups excluding tert-OH is 1. The Bertz CT molecular complexity index is 259. The molecular weight excluding hydrogens is 274 g/mol. The molecule has 0 aromatic heterocycles. The average Bonchev–Trinajstić information content (AvgIpc) is 2.42. The summed E-state index contributed by atoms with van der Waals surface area (Å²) in [6.45, 7) is 2.85. The summed E-state index contributed by atoms with van der Waals surface area (Å²) in [5.74, 6) is -1.49. The lowest BCUT2D eigenvalue weighted by Gasteiger charge is -2.21. The summed E-state index contributed by atoms with van der Waals surface area (Å²) in [7, 11) is 0. The van der Waals surface area contributed by atoms with E-state index < -0.39 is 11.9 Å². The van der Waals surface area contributed by atoms with Gasteiger partial charge in [-0.15, -0.1) is 0 Å². The fourth-order valence-electron chi connectivity index (χ4n) is 2.21. The minimum Gasteiger partial charge on any atom is -0.481 e. The Morgan fingerprint density at radius 1 is 0.667 bits per heavy atom. The van der Waals surface area contributed by atoms with E-state index in [0.29, 0.717) is 12.8 Å². The van der Waals surface area contributed by atoms with Crippen molar-refractivity contribution in [2.45, 2.75) is 57.8 Å². The summed E-state index contributed by atoms with van der Waals surface area (Å²) in [4.78, 5) is 23.1. The van der Waals surface area contributed by atoms with E-state index in [1.54, 1.807) is 0 Å². The first-order valence-electron chi connectivity index (χ1n) is 7.83. The lowest BCUT2D eigenvalue weighted by atomic mass is 10.1. The Morgan fingerprint density at radius 2 is 1.10 bits per heavy atom.